The van der Waals surface area contributed by atoms with Gasteiger partial charge in [0, 0.05) is 5.75 Å². The van der Waals surface area contributed by atoms with Crippen molar-refractivity contribution in [3.8, 4) is 0 Å². The van der Waals surface area contributed by atoms with E-state index in [1.807, 2.05) is 10.8 Å². The van der Waals surface area contributed by atoms with Gasteiger partial charge in [0.05, 0.1) is 5.54 Å². The highest BCUT2D eigenvalue weighted by molar-refractivity contribution is 7.99. The summed E-state index contributed by atoms with van der Waals surface area (Å²) in [6.07, 6.45) is 1.84. The molecule has 0 atom stereocenters. The molecule has 13 heavy (non-hydrogen) atoms. The second-order valence-corrected chi connectivity index (χ2v) is 4.63. The first-order valence-corrected chi connectivity index (χ1v) is 5.07. The van der Waals surface area contributed by atoms with E-state index in [4.69, 9.17) is 0 Å². The molecule has 4 nitrogen and oxygen atoms in total. The molecule has 5 heteroatoms. The van der Waals surface area contributed by atoms with Crippen LogP contribution in [0, 0.1) is 0 Å². The van der Waals surface area contributed by atoms with Gasteiger partial charge >= 0.3 is 0 Å². The lowest BCUT2D eigenvalue weighted by molar-refractivity contribution is 0.321. The second kappa shape index (κ2) is 3.91. The van der Waals surface area contributed by atoms with Crippen molar-refractivity contribution >= 4 is 11.8 Å². The fourth-order valence-corrected chi connectivity index (χ4v) is 1.62. The first-order chi connectivity index (χ1) is 6.05. The van der Waals surface area contributed by atoms with Gasteiger partial charge in [0.25, 0.3) is 0 Å². The molecule has 0 amide bonds. The van der Waals surface area contributed by atoms with Crippen LogP contribution in [0.25, 0.3) is 0 Å². The Bertz CT molecular complexity index is 287. The standard InChI is InChI=1S/C8H14N4S/c1-5-6-13-7-9-10-11-12(7)8(2,3)4/h5H,1,6H2,2-4H3. The summed E-state index contributed by atoms with van der Waals surface area (Å²) >= 11 is 1.59. The lowest BCUT2D eigenvalue weighted by Crippen LogP contribution is -2.24. The third-order valence-corrected chi connectivity index (χ3v) is 2.32. The summed E-state index contributed by atoms with van der Waals surface area (Å²) in [6.45, 7) is 9.87. The molecule has 0 fully saturated rings. The molecule has 0 aliphatic carbocycles. The number of hydrogen-bond donors (Lipinski definition) is 0. The van der Waals surface area contributed by atoms with Crippen LogP contribution < -0.4 is 0 Å². The van der Waals surface area contributed by atoms with Crippen molar-refractivity contribution in [1.29, 1.82) is 0 Å². The molecule has 0 aliphatic heterocycles. The molecular formula is C8H14N4S. The van der Waals surface area contributed by atoms with E-state index in [1.165, 1.54) is 0 Å². The molecule has 72 valence electrons. The maximum absolute atomic E-state index is 3.94. The molecule has 0 bridgehead atoms. The molecule has 0 saturated heterocycles. The Balaban J connectivity index is 2.83. The second-order valence-electron chi connectivity index (χ2n) is 3.64. The molecule has 0 N–H and O–H groups in total. The van der Waals surface area contributed by atoms with Crippen molar-refractivity contribution in [2.45, 2.75) is 31.5 Å². The van der Waals surface area contributed by atoms with E-state index in [9.17, 15) is 0 Å². The van der Waals surface area contributed by atoms with Crippen molar-refractivity contribution in [3.63, 3.8) is 0 Å². The molecule has 1 heterocycles. The highest BCUT2D eigenvalue weighted by Crippen LogP contribution is 2.20. The van der Waals surface area contributed by atoms with Crippen LogP contribution in [0.4, 0.5) is 0 Å². The van der Waals surface area contributed by atoms with Crippen molar-refractivity contribution in [3.05, 3.63) is 12.7 Å². The third kappa shape index (κ3) is 2.55. The minimum absolute atomic E-state index is 0.0625. The number of hydrogen-bond acceptors (Lipinski definition) is 4. The highest BCUT2D eigenvalue weighted by atomic mass is 32.2. The zero-order valence-electron chi connectivity index (χ0n) is 8.19. The van der Waals surface area contributed by atoms with Crippen LogP contribution in [-0.4, -0.2) is 26.0 Å². The summed E-state index contributed by atoms with van der Waals surface area (Å²) in [5.41, 5.74) is -0.0625. The van der Waals surface area contributed by atoms with Gasteiger partial charge in [-0.15, -0.1) is 11.7 Å². The average Bonchev–Trinajstić information content (AvgIpc) is 2.47. The summed E-state index contributed by atoms with van der Waals surface area (Å²) in [7, 11) is 0. The van der Waals surface area contributed by atoms with Gasteiger partial charge in [-0.1, -0.05) is 17.8 Å². The molecule has 0 spiro atoms. The quantitative estimate of drug-likeness (QED) is 0.548. The molecule has 0 radical (unpaired) electrons. The van der Waals surface area contributed by atoms with Crippen molar-refractivity contribution in [2.75, 3.05) is 5.75 Å². The van der Waals surface area contributed by atoms with Crippen LogP contribution in [0.15, 0.2) is 17.8 Å². The summed E-state index contributed by atoms with van der Waals surface area (Å²) in [6, 6.07) is 0. The Kier molecular flexibility index (Phi) is 3.08. The predicted octanol–water partition coefficient (Wildman–Crippen LogP) is 1.71. The monoisotopic (exact) mass is 198 g/mol. The lowest BCUT2D eigenvalue weighted by Gasteiger charge is -2.19. The van der Waals surface area contributed by atoms with Gasteiger partial charge in [-0.3, -0.25) is 0 Å². The Labute approximate surface area is 82.4 Å². The molecule has 1 rings (SSSR count). The Morgan fingerprint density at radius 2 is 2.23 bits per heavy atom. The van der Waals surface area contributed by atoms with Crippen molar-refractivity contribution in [2.24, 2.45) is 0 Å². The van der Waals surface area contributed by atoms with Crippen LogP contribution in [0.1, 0.15) is 20.8 Å². The number of aromatic nitrogens is 4. The van der Waals surface area contributed by atoms with Gasteiger partial charge < -0.3 is 0 Å². The summed E-state index contributed by atoms with van der Waals surface area (Å²) in [5, 5.41) is 12.4. The van der Waals surface area contributed by atoms with Gasteiger partial charge in [-0.25, -0.2) is 4.68 Å². The molecule has 0 saturated carbocycles. The maximum Gasteiger partial charge on any atom is 0.210 e. The van der Waals surface area contributed by atoms with Gasteiger partial charge in [0.2, 0.25) is 5.16 Å². The molecule has 0 aromatic carbocycles. The van der Waals surface area contributed by atoms with Gasteiger partial charge in [-0.05, 0) is 31.2 Å². The molecule has 1 aromatic rings. The average molecular weight is 198 g/mol. The SMILES string of the molecule is C=CCSc1nnnn1C(C)(C)C. The van der Waals surface area contributed by atoms with Crippen molar-refractivity contribution < 1.29 is 0 Å². The maximum atomic E-state index is 3.94. The van der Waals surface area contributed by atoms with E-state index in [0.717, 1.165) is 10.9 Å². The van der Waals surface area contributed by atoms with Crippen LogP contribution in [0.2, 0.25) is 0 Å². The van der Waals surface area contributed by atoms with E-state index in [0.29, 0.717) is 0 Å². The van der Waals surface area contributed by atoms with Gasteiger partial charge in [0.15, 0.2) is 0 Å². The Morgan fingerprint density at radius 1 is 1.54 bits per heavy atom. The number of rotatable bonds is 3. The fraction of sp³-hybridized carbons (Fsp3) is 0.625. The molecule has 1 aromatic heterocycles. The minimum Gasteiger partial charge on any atom is -0.215 e. The van der Waals surface area contributed by atoms with Crippen molar-refractivity contribution in [1.82, 2.24) is 20.2 Å². The highest BCUT2D eigenvalue weighted by Gasteiger charge is 2.19. The number of tetrazole rings is 1. The topological polar surface area (TPSA) is 43.6 Å². The van der Waals surface area contributed by atoms with Crippen LogP contribution in [0.5, 0.6) is 0 Å². The van der Waals surface area contributed by atoms with Gasteiger partial charge in [-0.2, -0.15) is 0 Å². The normalized spacial score (nSPS) is 11.6. The van der Waals surface area contributed by atoms with Crippen LogP contribution in [0.3, 0.4) is 0 Å². The Morgan fingerprint density at radius 3 is 2.77 bits per heavy atom. The van der Waals surface area contributed by atoms with Gasteiger partial charge in [0.1, 0.15) is 0 Å². The first kappa shape index (κ1) is 10.2. The zero-order valence-corrected chi connectivity index (χ0v) is 9.01. The summed E-state index contributed by atoms with van der Waals surface area (Å²) < 4.78 is 1.82. The summed E-state index contributed by atoms with van der Waals surface area (Å²) in [4.78, 5) is 0. The van der Waals surface area contributed by atoms with Crippen LogP contribution in [-0.2, 0) is 5.54 Å². The van der Waals surface area contributed by atoms with E-state index in [1.54, 1.807) is 11.8 Å². The summed E-state index contributed by atoms with van der Waals surface area (Å²) in [5.74, 6) is 0.830. The number of thioether (sulfide) groups is 1. The van der Waals surface area contributed by atoms with E-state index < -0.39 is 0 Å². The fourth-order valence-electron chi connectivity index (χ4n) is 0.823. The smallest absolute Gasteiger partial charge is 0.210 e. The predicted molar refractivity (Wildman–Crippen MR) is 53.7 cm³/mol. The zero-order chi connectivity index (χ0) is 9.90. The third-order valence-electron chi connectivity index (χ3n) is 1.41. The minimum atomic E-state index is -0.0625. The molecule has 0 unspecified atom stereocenters. The first-order valence-electron chi connectivity index (χ1n) is 4.08. The lowest BCUT2D eigenvalue weighted by atomic mass is 10.1. The van der Waals surface area contributed by atoms with E-state index in [-0.39, 0.29) is 5.54 Å². The number of nitrogens with zero attached hydrogens (tertiary/aromatic N) is 4. The van der Waals surface area contributed by atoms with E-state index in [2.05, 4.69) is 42.9 Å². The van der Waals surface area contributed by atoms with E-state index >= 15 is 0 Å². The Hall–Kier alpha value is -0.840. The van der Waals surface area contributed by atoms with Crippen LogP contribution >= 0.6 is 11.8 Å². The largest absolute Gasteiger partial charge is 0.215 e. The molecular weight excluding hydrogens is 184 g/mol. The molecule has 0 aliphatic rings.